The van der Waals surface area contributed by atoms with Gasteiger partial charge < -0.3 is 5.11 Å². The minimum absolute atomic E-state index is 0.342. The number of hydrogen-bond acceptors (Lipinski definition) is 1. The van der Waals surface area contributed by atoms with E-state index >= 15 is 0 Å². The van der Waals surface area contributed by atoms with Crippen LogP contribution in [0.25, 0.3) is 0 Å². The van der Waals surface area contributed by atoms with Gasteiger partial charge in [0, 0.05) is 6.61 Å². The Morgan fingerprint density at radius 3 is 2.93 bits per heavy atom. The van der Waals surface area contributed by atoms with E-state index in [0.717, 1.165) is 18.8 Å². The van der Waals surface area contributed by atoms with Crippen molar-refractivity contribution in [2.45, 2.75) is 44.4 Å². The maximum Gasteiger partial charge on any atom is 0.0431 e. The number of aliphatic hydroxyl groups is 1. The van der Waals surface area contributed by atoms with Crippen molar-refractivity contribution in [1.29, 1.82) is 0 Å². The molecule has 0 heterocycles. The highest BCUT2D eigenvalue weighted by atomic mass is 16.2. The highest BCUT2D eigenvalue weighted by Gasteiger charge is 2.18. The lowest BCUT2D eigenvalue weighted by molar-refractivity contribution is 0.280. The number of aliphatic hydroxyl groups excluding tert-OH is 1. The van der Waals surface area contributed by atoms with Crippen molar-refractivity contribution in [2.75, 3.05) is 6.61 Å². The Morgan fingerprint density at radius 1 is 1.20 bits per heavy atom. The van der Waals surface area contributed by atoms with Crippen molar-refractivity contribution < 1.29 is 5.11 Å². The Balaban J connectivity index is 2.02. The smallest absolute Gasteiger partial charge is 0.0431 e. The van der Waals surface area contributed by atoms with Gasteiger partial charge in [-0.1, -0.05) is 30.7 Å². The standard InChI is InChI=1S/C14H20O/c15-11-4-3-7-13-9-5-8-12-6-1-2-10-14(12)13/h1-2,6,10,13,15H,3-5,7-9,11H2/t13-/m0/s1. The van der Waals surface area contributed by atoms with E-state index in [1.54, 1.807) is 11.1 Å². The second-order valence-electron chi connectivity index (χ2n) is 4.51. The first-order valence-corrected chi connectivity index (χ1v) is 6.10. The first-order valence-electron chi connectivity index (χ1n) is 6.10. The SMILES string of the molecule is OCCCC[C@H]1CCCc2ccccc21. The van der Waals surface area contributed by atoms with Gasteiger partial charge in [-0.2, -0.15) is 0 Å². The molecular weight excluding hydrogens is 184 g/mol. The van der Waals surface area contributed by atoms with Crippen LogP contribution in [0.5, 0.6) is 0 Å². The van der Waals surface area contributed by atoms with Crippen molar-refractivity contribution in [3.63, 3.8) is 0 Å². The Bertz CT molecular complexity index is 306. The summed E-state index contributed by atoms with van der Waals surface area (Å²) in [5.74, 6) is 0.751. The summed E-state index contributed by atoms with van der Waals surface area (Å²) in [6.45, 7) is 0.342. The van der Waals surface area contributed by atoms with Crippen LogP contribution in [0.1, 0.15) is 49.1 Å². The Hall–Kier alpha value is -0.820. The van der Waals surface area contributed by atoms with Crippen molar-refractivity contribution in [3.05, 3.63) is 35.4 Å². The number of aryl methyl sites for hydroxylation is 1. The molecule has 1 N–H and O–H groups in total. The number of unbranched alkanes of at least 4 members (excludes halogenated alkanes) is 1. The predicted molar refractivity (Wildman–Crippen MR) is 63.1 cm³/mol. The van der Waals surface area contributed by atoms with Gasteiger partial charge >= 0.3 is 0 Å². The van der Waals surface area contributed by atoms with Crippen LogP contribution in [0.2, 0.25) is 0 Å². The summed E-state index contributed by atoms with van der Waals surface area (Å²) in [7, 11) is 0. The highest BCUT2D eigenvalue weighted by molar-refractivity contribution is 5.32. The number of hydrogen-bond donors (Lipinski definition) is 1. The first kappa shape index (κ1) is 10.7. The van der Waals surface area contributed by atoms with Crippen molar-refractivity contribution >= 4 is 0 Å². The van der Waals surface area contributed by atoms with Crippen LogP contribution in [0.4, 0.5) is 0 Å². The molecule has 0 unspecified atom stereocenters. The Labute approximate surface area is 92.1 Å². The van der Waals surface area contributed by atoms with E-state index in [-0.39, 0.29) is 0 Å². The molecule has 1 aromatic rings. The van der Waals surface area contributed by atoms with Gasteiger partial charge in [0.1, 0.15) is 0 Å². The lowest BCUT2D eigenvalue weighted by Gasteiger charge is -2.25. The maximum atomic E-state index is 8.79. The lowest BCUT2D eigenvalue weighted by Crippen LogP contribution is -2.09. The van der Waals surface area contributed by atoms with Crippen LogP contribution < -0.4 is 0 Å². The predicted octanol–water partition coefficient (Wildman–Crippen LogP) is 3.27. The molecule has 0 saturated heterocycles. The van der Waals surface area contributed by atoms with E-state index in [4.69, 9.17) is 5.11 Å². The monoisotopic (exact) mass is 204 g/mol. The molecule has 82 valence electrons. The minimum atomic E-state index is 0.342. The highest BCUT2D eigenvalue weighted by Crippen LogP contribution is 2.34. The molecule has 1 nitrogen and oxygen atoms in total. The van der Waals surface area contributed by atoms with Crippen LogP contribution in [0.15, 0.2) is 24.3 Å². The fourth-order valence-electron chi connectivity index (χ4n) is 2.66. The van der Waals surface area contributed by atoms with Gasteiger partial charge in [-0.3, -0.25) is 0 Å². The summed E-state index contributed by atoms with van der Waals surface area (Å²) < 4.78 is 0. The van der Waals surface area contributed by atoms with E-state index in [9.17, 15) is 0 Å². The van der Waals surface area contributed by atoms with Crippen LogP contribution in [0.3, 0.4) is 0 Å². The second-order valence-corrected chi connectivity index (χ2v) is 4.51. The van der Waals surface area contributed by atoms with Gasteiger partial charge in [-0.25, -0.2) is 0 Å². The van der Waals surface area contributed by atoms with E-state index in [2.05, 4.69) is 24.3 Å². The van der Waals surface area contributed by atoms with E-state index in [0.29, 0.717) is 6.61 Å². The largest absolute Gasteiger partial charge is 0.396 e. The molecular formula is C14H20O. The molecule has 0 aromatic heterocycles. The molecule has 1 atom stereocenters. The molecule has 2 rings (SSSR count). The minimum Gasteiger partial charge on any atom is -0.396 e. The van der Waals surface area contributed by atoms with E-state index in [1.165, 1.54) is 25.7 Å². The van der Waals surface area contributed by atoms with Crippen molar-refractivity contribution in [2.24, 2.45) is 0 Å². The fourth-order valence-corrected chi connectivity index (χ4v) is 2.66. The first-order chi connectivity index (χ1) is 7.42. The van der Waals surface area contributed by atoms with Gasteiger partial charge in [0.15, 0.2) is 0 Å². The number of fused-ring (bicyclic) bond motifs is 1. The fraction of sp³-hybridized carbons (Fsp3) is 0.571. The molecule has 1 heteroatoms. The molecule has 0 amide bonds. The summed E-state index contributed by atoms with van der Waals surface area (Å²) in [5, 5.41) is 8.79. The molecule has 0 radical (unpaired) electrons. The molecule has 0 saturated carbocycles. The zero-order valence-electron chi connectivity index (χ0n) is 9.28. The van der Waals surface area contributed by atoms with Crippen LogP contribution >= 0.6 is 0 Å². The molecule has 1 aliphatic rings. The van der Waals surface area contributed by atoms with Crippen LogP contribution in [0, 0.1) is 0 Å². The third-order valence-electron chi connectivity index (χ3n) is 3.45. The normalized spacial score (nSPS) is 19.9. The van der Waals surface area contributed by atoms with Crippen molar-refractivity contribution in [3.8, 4) is 0 Å². The topological polar surface area (TPSA) is 20.2 Å². The van der Waals surface area contributed by atoms with Gasteiger partial charge in [-0.05, 0) is 49.1 Å². The third kappa shape index (κ3) is 2.60. The van der Waals surface area contributed by atoms with Gasteiger partial charge in [0.05, 0.1) is 0 Å². The maximum absolute atomic E-state index is 8.79. The summed E-state index contributed by atoms with van der Waals surface area (Å²) >= 11 is 0. The summed E-state index contributed by atoms with van der Waals surface area (Å²) in [4.78, 5) is 0. The average Bonchev–Trinajstić information content (AvgIpc) is 2.30. The Kier molecular flexibility index (Phi) is 3.79. The summed E-state index contributed by atoms with van der Waals surface area (Å²) in [6, 6.07) is 8.86. The number of benzene rings is 1. The molecule has 1 aliphatic carbocycles. The number of rotatable bonds is 4. The summed E-state index contributed by atoms with van der Waals surface area (Å²) in [6.07, 6.45) is 7.29. The van der Waals surface area contributed by atoms with Crippen LogP contribution in [-0.2, 0) is 6.42 Å². The third-order valence-corrected chi connectivity index (χ3v) is 3.45. The molecule has 0 fully saturated rings. The average molecular weight is 204 g/mol. The van der Waals surface area contributed by atoms with E-state index < -0.39 is 0 Å². The summed E-state index contributed by atoms with van der Waals surface area (Å²) in [5.41, 5.74) is 3.12. The van der Waals surface area contributed by atoms with Crippen molar-refractivity contribution in [1.82, 2.24) is 0 Å². The quantitative estimate of drug-likeness (QED) is 0.746. The van der Waals surface area contributed by atoms with Gasteiger partial charge in [-0.15, -0.1) is 0 Å². The molecule has 15 heavy (non-hydrogen) atoms. The lowest BCUT2D eigenvalue weighted by atomic mass is 9.80. The second kappa shape index (κ2) is 5.32. The zero-order chi connectivity index (χ0) is 10.5. The molecule has 1 aromatic carbocycles. The van der Waals surface area contributed by atoms with Gasteiger partial charge in [0.2, 0.25) is 0 Å². The molecule has 0 aliphatic heterocycles. The molecule has 0 spiro atoms. The zero-order valence-corrected chi connectivity index (χ0v) is 9.28. The molecule has 0 bridgehead atoms. The van der Waals surface area contributed by atoms with E-state index in [1.807, 2.05) is 0 Å². The Morgan fingerprint density at radius 2 is 2.07 bits per heavy atom. The van der Waals surface area contributed by atoms with Crippen LogP contribution in [-0.4, -0.2) is 11.7 Å². The van der Waals surface area contributed by atoms with Gasteiger partial charge in [0.25, 0.3) is 0 Å².